The Balaban J connectivity index is 1.66. The minimum Gasteiger partial charge on any atom is -0.336 e. The fourth-order valence-corrected chi connectivity index (χ4v) is 5.69. The molecule has 2 saturated heterocycles. The van der Waals surface area contributed by atoms with Crippen LogP contribution >= 0.6 is 0 Å². The minimum atomic E-state index is -3.68. The van der Waals surface area contributed by atoms with Crippen LogP contribution in [0.5, 0.6) is 0 Å². The third-order valence-electron chi connectivity index (χ3n) is 5.51. The molecule has 9 heteroatoms. The molecule has 0 aromatic heterocycles. The summed E-state index contributed by atoms with van der Waals surface area (Å²) in [5.41, 5.74) is 1.06. The second-order valence-electron chi connectivity index (χ2n) is 7.22. The maximum absolute atomic E-state index is 13.8. The minimum absolute atomic E-state index is 0.0884. The zero-order valence-electron chi connectivity index (χ0n) is 15.5. The molecule has 1 spiro atoms. The van der Waals surface area contributed by atoms with E-state index in [4.69, 9.17) is 9.47 Å². The molecule has 0 unspecified atom stereocenters. The van der Waals surface area contributed by atoms with Crippen molar-refractivity contribution in [1.29, 1.82) is 0 Å². The van der Waals surface area contributed by atoms with E-state index in [0.717, 1.165) is 12.8 Å². The summed E-state index contributed by atoms with van der Waals surface area (Å²) < 4.78 is 52.7. The standard InChI is InChI=1S/C20H19FN2O5S/c21-14-4-3-5-15(12-14)23-18-7-6-16(29(25,26)22-8-1-2-9-22)13-17(18)20(19(23)24)27-10-11-28-20/h3-7,12-13H,1-2,8-11H2. The van der Waals surface area contributed by atoms with Crippen LogP contribution in [0.2, 0.25) is 0 Å². The van der Waals surface area contributed by atoms with Crippen molar-refractivity contribution >= 4 is 27.3 Å². The van der Waals surface area contributed by atoms with Gasteiger partial charge in [0.25, 0.3) is 11.7 Å². The first kappa shape index (κ1) is 18.7. The van der Waals surface area contributed by atoms with E-state index < -0.39 is 27.5 Å². The molecule has 0 aliphatic carbocycles. The van der Waals surface area contributed by atoms with Crippen molar-refractivity contribution < 1.29 is 27.1 Å². The van der Waals surface area contributed by atoms with Gasteiger partial charge in [-0.25, -0.2) is 12.8 Å². The first-order chi connectivity index (χ1) is 13.9. The van der Waals surface area contributed by atoms with Crippen LogP contribution in [0.15, 0.2) is 47.4 Å². The normalized spacial score (nSPS) is 21.3. The lowest BCUT2D eigenvalue weighted by molar-refractivity contribution is -0.180. The highest BCUT2D eigenvalue weighted by Crippen LogP contribution is 2.49. The van der Waals surface area contributed by atoms with Crippen LogP contribution < -0.4 is 4.90 Å². The summed E-state index contributed by atoms with van der Waals surface area (Å²) in [7, 11) is -3.68. The van der Waals surface area contributed by atoms with Crippen molar-refractivity contribution in [2.24, 2.45) is 0 Å². The molecule has 3 aliphatic rings. The van der Waals surface area contributed by atoms with E-state index in [1.807, 2.05) is 0 Å². The van der Waals surface area contributed by atoms with Crippen LogP contribution in [-0.4, -0.2) is 44.9 Å². The van der Waals surface area contributed by atoms with Crippen molar-refractivity contribution in [3.63, 3.8) is 0 Å². The van der Waals surface area contributed by atoms with Crippen LogP contribution in [0.3, 0.4) is 0 Å². The van der Waals surface area contributed by atoms with Gasteiger partial charge in [0.2, 0.25) is 10.0 Å². The SMILES string of the molecule is O=C1N(c2cccc(F)c2)c2ccc(S(=O)(=O)N3CCCC3)cc2C12OCCO2. The molecule has 29 heavy (non-hydrogen) atoms. The van der Waals surface area contributed by atoms with Gasteiger partial charge in [0, 0.05) is 18.7 Å². The first-order valence-corrected chi connectivity index (χ1v) is 10.9. The number of benzene rings is 2. The lowest BCUT2D eigenvalue weighted by Crippen LogP contribution is -2.39. The number of hydrogen-bond donors (Lipinski definition) is 0. The van der Waals surface area contributed by atoms with E-state index in [9.17, 15) is 17.6 Å². The molecule has 3 heterocycles. The third kappa shape index (κ3) is 2.72. The number of nitrogens with zero attached hydrogens (tertiary/aromatic N) is 2. The number of carbonyl (C=O) groups is 1. The van der Waals surface area contributed by atoms with Gasteiger partial charge in [-0.2, -0.15) is 4.31 Å². The summed E-state index contributed by atoms with van der Waals surface area (Å²) in [5, 5.41) is 0. The molecule has 5 rings (SSSR count). The van der Waals surface area contributed by atoms with Gasteiger partial charge in [-0.05, 0) is 49.2 Å². The van der Waals surface area contributed by atoms with E-state index >= 15 is 0 Å². The van der Waals surface area contributed by atoms with Crippen molar-refractivity contribution in [1.82, 2.24) is 4.31 Å². The van der Waals surface area contributed by atoms with Crippen molar-refractivity contribution in [2.75, 3.05) is 31.2 Å². The van der Waals surface area contributed by atoms with Crippen LogP contribution in [0.1, 0.15) is 18.4 Å². The average Bonchev–Trinajstić information content (AvgIpc) is 3.45. The van der Waals surface area contributed by atoms with Crippen LogP contribution in [-0.2, 0) is 30.1 Å². The second-order valence-corrected chi connectivity index (χ2v) is 9.16. The number of halogens is 1. The van der Waals surface area contributed by atoms with Gasteiger partial charge in [0.1, 0.15) is 5.82 Å². The van der Waals surface area contributed by atoms with Gasteiger partial charge in [-0.3, -0.25) is 9.69 Å². The summed E-state index contributed by atoms with van der Waals surface area (Å²) in [6.07, 6.45) is 1.65. The fourth-order valence-electron chi connectivity index (χ4n) is 4.15. The molecule has 3 aliphatic heterocycles. The fraction of sp³-hybridized carbons (Fsp3) is 0.350. The Morgan fingerprint density at radius 2 is 1.72 bits per heavy atom. The third-order valence-corrected chi connectivity index (χ3v) is 7.41. The Morgan fingerprint density at radius 3 is 2.41 bits per heavy atom. The number of carbonyl (C=O) groups excluding carboxylic acids is 1. The summed E-state index contributed by atoms with van der Waals surface area (Å²) in [6.45, 7) is 1.36. The quantitative estimate of drug-likeness (QED) is 0.766. The molecule has 152 valence electrons. The zero-order chi connectivity index (χ0) is 20.2. The Morgan fingerprint density at radius 1 is 1.00 bits per heavy atom. The highest BCUT2D eigenvalue weighted by molar-refractivity contribution is 7.89. The number of rotatable bonds is 3. The van der Waals surface area contributed by atoms with Crippen molar-refractivity contribution in [3.05, 3.63) is 53.8 Å². The maximum atomic E-state index is 13.8. The predicted molar refractivity (Wildman–Crippen MR) is 102 cm³/mol. The highest BCUT2D eigenvalue weighted by Gasteiger charge is 2.57. The van der Waals surface area contributed by atoms with Crippen molar-refractivity contribution in [3.8, 4) is 0 Å². The Hall–Kier alpha value is -2.33. The Kier molecular flexibility index (Phi) is 4.25. The number of ether oxygens (including phenoxy) is 2. The topological polar surface area (TPSA) is 76.2 Å². The Bertz CT molecular complexity index is 1090. The van der Waals surface area contributed by atoms with E-state index in [2.05, 4.69) is 0 Å². The molecule has 0 saturated carbocycles. The molecule has 0 N–H and O–H groups in total. The predicted octanol–water partition coefficient (Wildman–Crippen LogP) is 2.49. The highest BCUT2D eigenvalue weighted by atomic mass is 32.2. The van der Waals surface area contributed by atoms with Gasteiger partial charge < -0.3 is 9.47 Å². The van der Waals surface area contributed by atoms with E-state index in [-0.39, 0.29) is 18.1 Å². The smallest absolute Gasteiger partial charge is 0.297 e. The van der Waals surface area contributed by atoms with Gasteiger partial charge in [0.05, 0.1) is 29.5 Å². The molecular weight excluding hydrogens is 399 g/mol. The number of fused-ring (bicyclic) bond motifs is 2. The lowest BCUT2D eigenvalue weighted by atomic mass is 10.1. The number of anilines is 2. The van der Waals surface area contributed by atoms with E-state index in [0.29, 0.717) is 30.0 Å². The molecule has 7 nitrogen and oxygen atoms in total. The molecular formula is C20H19FN2O5S. The summed E-state index contributed by atoms with van der Waals surface area (Å²) in [5.74, 6) is -2.72. The number of hydrogen-bond acceptors (Lipinski definition) is 5. The van der Waals surface area contributed by atoms with Gasteiger partial charge in [0.15, 0.2) is 0 Å². The van der Waals surface area contributed by atoms with Crippen LogP contribution in [0.4, 0.5) is 15.8 Å². The van der Waals surface area contributed by atoms with Gasteiger partial charge in [-0.1, -0.05) is 6.07 Å². The summed E-state index contributed by atoms with van der Waals surface area (Å²) >= 11 is 0. The van der Waals surface area contributed by atoms with Gasteiger partial charge in [-0.15, -0.1) is 0 Å². The summed E-state index contributed by atoms with van der Waals surface area (Å²) in [4.78, 5) is 14.7. The molecule has 2 fully saturated rings. The molecule has 0 radical (unpaired) electrons. The molecule has 0 atom stereocenters. The van der Waals surface area contributed by atoms with Crippen molar-refractivity contribution in [2.45, 2.75) is 23.5 Å². The molecule has 2 aromatic carbocycles. The van der Waals surface area contributed by atoms with E-state index in [1.165, 1.54) is 39.5 Å². The maximum Gasteiger partial charge on any atom is 0.297 e. The monoisotopic (exact) mass is 418 g/mol. The zero-order valence-corrected chi connectivity index (χ0v) is 16.3. The largest absolute Gasteiger partial charge is 0.336 e. The lowest BCUT2D eigenvalue weighted by Gasteiger charge is -2.22. The second kappa shape index (κ2) is 6.60. The summed E-state index contributed by atoms with van der Waals surface area (Å²) in [6, 6.07) is 10.1. The van der Waals surface area contributed by atoms with Crippen LogP contribution in [0.25, 0.3) is 0 Å². The number of amides is 1. The number of sulfonamides is 1. The first-order valence-electron chi connectivity index (χ1n) is 9.46. The molecule has 0 bridgehead atoms. The molecule has 1 amide bonds. The van der Waals surface area contributed by atoms with Gasteiger partial charge >= 0.3 is 0 Å². The molecule has 2 aromatic rings. The average molecular weight is 418 g/mol. The van der Waals surface area contributed by atoms with Crippen LogP contribution in [0, 0.1) is 5.82 Å². The Labute approximate surface area is 167 Å². The van der Waals surface area contributed by atoms with E-state index in [1.54, 1.807) is 12.1 Å².